The Balaban J connectivity index is 2.57. The summed E-state index contributed by atoms with van der Waals surface area (Å²) in [6.07, 6.45) is 0. The number of hydrogen-bond donors (Lipinski definition) is 1. The molecule has 1 aromatic carbocycles. The third-order valence-electron chi connectivity index (χ3n) is 2.63. The number of hydrogen-bond acceptors (Lipinski definition) is 3. The van der Waals surface area contributed by atoms with Crippen molar-refractivity contribution in [3.63, 3.8) is 0 Å². The van der Waals surface area contributed by atoms with E-state index in [1.54, 1.807) is 0 Å². The number of nitrogens with two attached hydrogens (primary N) is 1. The number of nitrogens with zero attached hydrogens (tertiary/aromatic N) is 1. The van der Waals surface area contributed by atoms with Crippen LogP contribution in [0.2, 0.25) is 0 Å². The second kappa shape index (κ2) is 7.84. The fourth-order valence-corrected chi connectivity index (χ4v) is 1.66. The minimum atomic E-state index is 0.00213. The summed E-state index contributed by atoms with van der Waals surface area (Å²) >= 11 is 0. The van der Waals surface area contributed by atoms with Crippen molar-refractivity contribution in [1.82, 2.24) is 4.90 Å². The first-order valence-corrected chi connectivity index (χ1v) is 6.26. The Kier molecular flexibility index (Phi) is 6.39. The molecule has 0 bridgehead atoms. The van der Waals surface area contributed by atoms with Crippen LogP contribution in [0.4, 0.5) is 0 Å². The van der Waals surface area contributed by atoms with Crippen LogP contribution in [0.25, 0.3) is 0 Å². The van der Waals surface area contributed by atoms with Crippen LogP contribution in [-0.4, -0.2) is 36.6 Å². The van der Waals surface area contributed by atoms with E-state index in [-0.39, 0.29) is 18.6 Å². The molecular formula is C14H22N2O2. The monoisotopic (exact) mass is 250 g/mol. The summed E-state index contributed by atoms with van der Waals surface area (Å²) in [4.78, 5) is 13.8. The molecule has 0 aliphatic heterocycles. The van der Waals surface area contributed by atoms with Gasteiger partial charge in [0.15, 0.2) is 0 Å². The number of carbonyl (C=O) groups excluding carboxylic acids is 1. The standard InChI is InChI=1S/C14H22N2O2/c1-12(2)16(14(17)11-18-9-8-15)10-13-6-4-3-5-7-13/h3-7,12H,8-11,15H2,1-2H3. The second-order valence-corrected chi connectivity index (χ2v) is 4.44. The van der Waals surface area contributed by atoms with Gasteiger partial charge in [0.2, 0.25) is 5.91 Å². The number of benzene rings is 1. The summed E-state index contributed by atoms with van der Waals surface area (Å²) in [5.74, 6) is 0.00213. The van der Waals surface area contributed by atoms with Gasteiger partial charge in [0, 0.05) is 19.1 Å². The first-order valence-electron chi connectivity index (χ1n) is 6.26. The maximum Gasteiger partial charge on any atom is 0.249 e. The fourth-order valence-electron chi connectivity index (χ4n) is 1.66. The Bertz CT molecular complexity index is 352. The van der Waals surface area contributed by atoms with Crippen LogP contribution in [0.15, 0.2) is 30.3 Å². The topological polar surface area (TPSA) is 55.6 Å². The molecule has 1 aromatic rings. The highest BCUT2D eigenvalue weighted by Gasteiger charge is 2.17. The van der Waals surface area contributed by atoms with E-state index in [1.807, 2.05) is 49.1 Å². The quantitative estimate of drug-likeness (QED) is 0.744. The molecule has 0 unspecified atom stereocenters. The number of carbonyl (C=O) groups is 1. The summed E-state index contributed by atoms with van der Waals surface area (Å²) < 4.78 is 5.20. The van der Waals surface area contributed by atoms with Gasteiger partial charge in [0.05, 0.1) is 6.61 Å². The average Bonchev–Trinajstić information content (AvgIpc) is 2.37. The van der Waals surface area contributed by atoms with Crippen molar-refractivity contribution in [3.8, 4) is 0 Å². The minimum absolute atomic E-state index is 0.00213. The van der Waals surface area contributed by atoms with Crippen LogP contribution in [0.5, 0.6) is 0 Å². The van der Waals surface area contributed by atoms with E-state index < -0.39 is 0 Å². The Labute approximate surface area is 109 Å². The number of amides is 1. The molecule has 2 N–H and O–H groups in total. The van der Waals surface area contributed by atoms with Gasteiger partial charge in [-0.1, -0.05) is 30.3 Å². The molecule has 0 atom stereocenters. The van der Waals surface area contributed by atoms with Crippen LogP contribution in [0.3, 0.4) is 0 Å². The smallest absolute Gasteiger partial charge is 0.249 e. The Hall–Kier alpha value is -1.39. The summed E-state index contributed by atoms with van der Waals surface area (Å²) in [7, 11) is 0. The van der Waals surface area contributed by atoms with Crippen molar-refractivity contribution in [2.75, 3.05) is 19.8 Å². The van der Waals surface area contributed by atoms with Crippen molar-refractivity contribution in [2.45, 2.75) is 26.4 Å². The maximum atomic E-state index is 12.0. The number of rotatable bonds is 7. The van der Waals surface area contributed by atoms with Crippen LogP contribution >= 0.6 is 0 Å². The van der Waals surface area contributed by atoms with Crippen LogP contribution in [0, 0.1) is 0 Å². The molecule has 100 valence electrons. The molecule has 0 saturated heterocycles. The maximum absolute atomic E-state index is 12.0. The van der Waals surface area contributed by atoms with Crippen molar-refractivity contribution in [1.29, 1.82) is 0 Å². The number of ether oxygens (including phenoxy) is 1. The van der Waals surface area contributed by atoms with E-state index >= 15 is 0 Å². The molecular weight excluding hydrogens is 228 g/mol. The molecule has 0 radical (unpaired) electrons. The van der Waals surface area contributed by atoms with Crippen LogP contribution < -0.4 is 5.73 Å². The Morgan fingerprint density at radius 1 is 1.33 bits per heavy atom. The largest absolute Gasteiger partial charge is 0.370 e. The van der Waals surface area contributed by atoms with Crippen LogP contribution in [-0.2, 0) is 16.1 Å². The molecule has 0 aromatic heterocycles. The zero-order valence-electron chi connectivity index (χ0n) is 11.1. The average molecular weight is 250 g/mol. The first kappa shape index (κ1) is 14.7. The third kappa shape index (κ3) is 4.85. The summed E-state index contributed by atoms with van der Waals surface area (Å²) in [6.45, 7) is 5.58. The predicted octanol–water partition coefficient (Wildman–Crippen LogP) is 1.40. The van der Waals surface area contributed by atoms with E-state index in [2.05, 4.69) is 0 Å². The molecule has 0 saturated carbocycles. The van der Waals surface area contributed by atoms with Gasteiger partial charge in [0.25, 0.3) is 0 Å². The lowest BCUT2D eigenvalue weighted by Gasteiger charge is -2.26. The lowest BCUT2D eigenvalue weighted by atomic mass is 10.2. The van der Waals surface area contributed by atoms with Crippen LogP contribution in [0.1, 0.15) is 19.4 Å². The van der Waals surface area contributed by atoms with Gasteiger partial charge in [-0.3, -0.25) is 4.79 Å². The van der Waals surface area contributed by atoms with Gasteiger partial charge in [-0.05, 0) is 19.4 Å². The first-order chi connectivity index (χ1) is 8.65. The molecule has 0 aliphatic carbocycles. The molecule has 0 spiro atoms. The third-order valence-corrected chi connectivity index (χ3v) is 2.63. The molecule has 1 amide bonds. The summed E-state index contributed by atoms with van der Waals surface area (Å²) in [5.41, 5.74) is 6.45. The van der Waals surface area contributed by atoms with E-state index in [0.717, 1.165) is 5.56 Å². The Morgan fingerprint density at radius 2 is 2.00 bits per heavy atom. The minimum Gasteiger partial charge on any atom is -0.370 e. The van der Waals surface area contributed by atoms with Crippen molar-refractivity contribution in [3.05, 3.63) is 35.9 Å². The molecule has 4 nitrogen and oxygen atoms in total. The van der Waals surface area contributed by atoms with Gasteiger partial charge in [0.1, 0.15) is 6.61 Å². The Morgan fingerprint density at radius 3 is 2.56 bits per heavy atom. The highest BCUT2D eigenvalue weighted by Crippen LogP contribution is 2.08. The summed E-state index contributed by atoms with van der Waals surface area (Å²) in [6, 6.07) is 10.1. The van der Waals surface area contributed by atoms with Crippen molar-refractivity contribution >= 4 is 5.91 Å². The molecule has 18 heavy (non-hydrogen) atoms. The van der Waals surface area contributed by atoms with E-state index in [1.165, 1.54) is 0 Å². The van der Waals surface area contributed by atoms with Gasteiger partial charge < -0.3 is 15.4 Å². The highest BCUT2D eigenvalue weighted by molar-refractivity contribution is 5.77. The molecule has 4 heteroatoms. The highest BCUT2D eigenvalue weighted by atomic mass is 16.5. The molecule has 0 heterocycles. The van der Waals surface area contributed by atoms with Gasteiger partial charge in [-0.2, -0.15) is 0 Å². The second-order valence-electron chi connectivity index (χ2n) is 4.44. The van der Waals surface area contributed by atoms with E-state index in [0.29, 0.717) is 19.7 Å². The van der Waals surface area contributed by atoms with Crippen molar-refractivity contribution < 1.29 is 9.53 Å². The molecule has 0 aliphatic rings. The predicted molar refractivity (Wildman–Crippen MR) is 72.0 cm³/mol. The lowest BCUT2D eigenvalue weighted by Crippen LogP contribution is -2.39. The normalized spacial score (nSPS) is 10.7. The summed E-state index contributed by atoms with van der Waals surface area (Å²) in [5, 5.41) is 0. The lowest BCUT2D eigenvalue weighted by molar-refractivity contribution is -0.138. The van der Waals surface area contributed by atoms with E-state index in [9.17, 15) is 4.79 Å². The zero-order valence-corrected chi connectivity index (χ0v) is 11.1. The van der Waals surface area contributed by atoms with Crippen molar-refractivity contribution in [2.24, 2.45) is 5.73 Å². The molecule has 0 fully saturated rings. The van der Waals surface area contributed by atoms with Gasteiger partial charge >= 0.3 is 0 Å². The van der Waals surface area contributed by atoms with Gasteiger partial charge in [-0.25, -0.2) is 0 Å². The fraction of sp³-hybridized carbons (Fsp3) is 0.500. The zero-order chi connectivity index (χ0) is 13.4. The SMILES string of the molecule is CC(C)N(Cc1ccccc1)C(=O)COCCN. The molecule has 1 rings (SSSR count). The van der Waals surface area contributed by atoms with Gasteiger partial charge in [-0.15, -0.1) is 0 Å². The van der Waals surface area contributed by atoms with E-state index in [4.69, 9.17) is 10.5 Å².